The van der Waals surface area contributed by atoms with E-state index in [9.17, 15) is 4.79 Å². The summed E-state index contributed by atoms with van der Waals surface area (Å²) < 4.78 is 8.43. The number of hydrogen-bond donors (Lipinski definition) is 0. The molecule has 5 heteroatoms. The van der Waals surface area contributed by atoms with Crippen LogP contribution in [-0.2, 0) is 13.7 Å². The van der Waals surface area contributed by atoms with Gasteiger partial charge in [-0.1, -0.05) is 15.9 Å². The molecule has 0 aliphatic rings. The summed E-state index contributed by atoms with van der Waals surface area (Å²) in [6.45, 7) is 4.24. The Morgan fingerprint density at radius 2 is 2.11 bits per heavy atom. The standard InChI is InChI=1S/C14H15BrN2O2/c1-9-4-12(15)6-11(7-18)14(9)19-8-13-5-10(2)16-17(13)3/h4-7H,8H2,1-3H3. The summed E-state index contributed by atoms with van der Waals surface area (Å²) in [6, 6.07) is 5.65. The number of aromatic nitrogens is 2. The first-order valence-corrected chi connectivity index (χ1v) is 6.68. The fourth-order valence-corrected chi connectivity index (χ4v) is 2.58. The lowest BCUT2D eigenvalue weighted by molar-refractivity contribution is 0.111. The van der Waals surface area contributed by atoms with Crippen molar-refractivity contribution in [2.45, 2.75) is 20.5 Å². The van der Waals surface area contributed by atoms with Gasteiger partial charge in [-0.2, -0.15) is 5.10 Å². The molecule has 0 amide bonds. The van der Waals surface area contributed by atoms with Crippen LogP contribution in [0.25, 0.3) is 0 Å². The molecule has 4 nitrogen and oxygen atoms in total. The summed E-state index contributed by atoms with van der Waals surface area (Å²) >= 11 is 3.37. The van der Waals surface area contributed by atoms with Gasteiger partial charge in [-0.25, -0.2) is 0 Å². The maximum Gasteiger partial charge on any atom is 0.153 e. The monoisotopic (exact) mass is 322 g/mol. The zero-order valence-electron chi connectivity index (χ0n) is 11.1. The Kier molecular flexibility index (Phi) is 4.04. The Balaban J connectivity index is 2.24. The second kappa shape index (κ2) is 5.57. The molecule has 2 rings (SSSR count). The largest absolute Gasteiger partial charge is 0.486 e. The van der Waals surface area contributed by atoms with Crippen molar-refractivity contribution in [1.29, 1.82) is 0 Å². The third-order valence-electron chi connectivity index (χ3n) is 2.86. The molecule has 0 bridgehead atoms. The van der Waals surface area contributed by atoms with Crippen molar-refractivity contribution in [3.05, 3.63) is 45.2 Å². The molecule has 0 spiro atoms. The third-order valence-corrected chi connectivity index (χ3v) is 3.32. The van der Waals surface area contributed by atoms with Crippen LogP contribution in [0.1, 0.15) is 27.3 Å². The van der Waals surface area contributed by atoms with E-state index in [-0.39, 0.29) is 0 Å². The molecule has 2 aromatic rings. The van der Waals surface area contributed by atoms with Crippen LogP contribution in [0, 0.1) is 13.8 Å². The van der Waals surface area contributed by atoms with Gasteiger partial charge >= 0.3 is 0 Å². The van der Waals surface area contributed by atoms with Crippen molar-refractivity contribution in [3.63, 3.8) is 0 Å². The van der Waals surface area contributed by atoms with Crippen molar-refractivity contribution in [3.8, 4) is 5.75 Å². The molecule has 0 saturated heterocycles. The van der Waals surface area contributed by atoms with E-state index in [0.717, 1.165) is 27.7 Å². The van der Waals surface area contributed by atoms with Crippen LogP contribution in [0.5, 0.6) is 5.75 Å². The van der Waals surface area contributed by atoms with Crippen LogP contribution in [0.2, 0.25) is 0 Å². The van der Waals surface area contributed by atoms with Gasteiger partial charge in [0.1, 0.15) is 12.4 Å². The topological polar surface area (TPSA) is 44.1 Å². The predicted molar refractivity (Wildman–Crippen MR) is 76.5 cm³/mol. The number of rotatable bonds is 4. The van der Waals surface area contributed by atoms with E-state index in [2.05, 4.69) is 21.0 Å². The number of aryl methyl sites for hydroxylation is 3. The molecular formula is C14H15BrN2O2. The minimum atomic E-state index is 0.390. The summed E-state index contributed by atoms with van der Waals surface area (Å²) in [4.78, 5) is 11.1. The van der Waals surface area contributed by atoms with Gasteiger partial charge in [0, 0.05) is 11.5 Å². The second-order valence-electron chi connectivity index (χ2n) is 4.45. The number of hydrogen-bond acceptors (Lipinski definition) is 3. The molecule has 0 aliphatic carbocycles. The zero-order valence-corrected chi connectivity index (χ0v) is 12.7. The van der Waals surface area contributed by atoms with Crippen molar-refractivity contribution in [2.24, 2.45) is 7.05 Å². The molecular weight excluding hydrogens is 308 g/mol. The fraction of sp³-hybridized carbons (Fsp3) is 0.286. The number of ether oxygens (including phenoxy) is 1. The molecule has 0 fully saturated rings. The molecule has 19 heavy (non-hydrogen) atoms. The lowest BCUT2D eigenvalue weighted by atomic mass is 10.1. The quantitative estimate of drug-likeness (QED) is 0.812. The molecule has 100 valence electrons. The van der Waals surface area contributed by atoms with Crippen LogP contribution < -0.4 is 4.74 Å². The molecule has 1 heterocycles. The normalized spacial score (nSPS) is 10.5. The Labute approximate surface area is 120 Å². The first-order chi connectivity index (χ1) is 9.01. The van der Waals surface area contributed by atoms with Gasteiger partial charge in [-0.05, 0) is 37.6 Å². The smallest absolute Gasteiger partial charge is 0.153 e. The average molecular weight is 323 g/mol. The van der Waals surface area contributed by atoms with Gasteiger partial charge in [0.25, 0.3) is 0 Å². The van der Waals surface area contributed by atoms with E-state index < -0.39 is 0 Å². The van der Waals surface area contributed by atoms with Gasteiger partial charge in [-0.3, -0.25) is 9.48 Å². The Hall–Kier alpha value is -1.62. The minimum absolute atomic E-state index is 0.390. The van der Waals surface area contributed by atoms with E-state index in [1.54, 1.807) is 10.7 Å². The van der Waals surface area contributed by atoms with Crippen molar-refractivity contribution >= 4 is 22.2 Å². The number of carbonyl (C=O) groups excluding carboxylic acids is 1. The number of benzene rings is 1. The van der Waals surface area contributed by atoms with E-state index >= 15 is 0 Å². The van der Waals surface area contributed by atoms with Crippen LogP contribution in [0.15, 0.2) is 22.7 Å². The number of halogens is 1. The highest BCUT2D eigenvalue weighted by Crippen LogP contribution is 2.27. The first-order valence-electron chi connectivity index (χ1n) is 5.89. The van der Waals surface area contributed by atoms with E-state index in [4.69, 9.17) is 4.74 Å². The number of carbonyl (C=O) groups is 1. The van der Waals surface area contributed by atoms with Crippen LogP contribution in [-0.4, -0.2) is 16.1 Å². The Morgan fingerprint density at radius 1 is 1.37 bits per heavy atom. The van der Waals surface area contributed by atoms with Crippen LogP contribution in [0.3, 0.4) is 0 Å². The molecule has 0 radical (unpaired) electrons. The number of nitrogens with zero attached hydrogens (tertiary/aromatic N) is 2. The molecule has 0 atom stereocenters. The summed E-state index contributed by atoms with van der Waals surface area (Å²) in [5.41, 5.74) is 3.39. The van der Waals surface area contributed by atoms with E-state index in [1.165, 1.54) is 0 Å². The summed E-state index contributed by atoms with van der Waals surface area (Å²) in [5, 5.41) is 4.26. The highest BCUT2D eigenvalue weighted by Gasteiger charge is 2.10. The molecule has 1 aromatic carbocycles. The Bertz CT molecular complexity index is 620. The van der Waals surface area contributed by atoms with Crippen molar-refractivity contribution in [1.82, 2.24) is 9.78 Å². The van der Waals surface area contributed by atoms with Gasteiger partial charge in [-0.15, -0.1) is 0 Å². The lowest BCUT2D eigenvalue weighted by Gasteiger charge is -2.12. The molecule has 0 unspecified atom stereocenters. The average Bonchev–Trinajstić information content (AvgIpc) is 2.65. The molecule has 0 saturated carbocycles. The van der Waals surface area contributed by atoms with Gasteiger partial charge in [0.2, 0.25) is 0 Å². The van der Waals surface area contributed by atoms with Crippen LogP contribution in [0.4, 0.5) is 0 Å². The Morgan fingerprint density at radius 3 is 2.68 bits per heavy atom. The maximum absolute atomic E-state index is 11.1. The van der Waals surface area contributed by atoms with Crippen molar-refractivity contribution < 1.29 is 9.53 Å². The summed E-state index contributed by atoms with van der Waals surface area (Å²) in [5.74, 6) is 0.622. The van der Waals surface area contributed by atoms with E-state index in [0.29, 0.717) is 17.9 Å². The highest BCUT2D eigenvalue weighted by atomic mass is 79.9. The number of aldehydes is 1. The van der Waals surface area contributed by atoms with Gasteiger partial charge in [0.15, 0.2) is 6.29 Å². The fourth-order valence-electron chi connectivity index (χ4n) is 1.99. The van der Waals surface area contributed by atoms with Gasteiger partial charge < -0.3 is 4.74 Å². The lowest BCUT2D eigenvalue weighted by Crippen LogP contribution is -2.05. The third kappa shape index (κ3) is 3.04. The summed E-state index contributed by atoms with van der Waals surface area (Å²) in [7, 11) is 1.88. The molecule has 0 N–H and O–H groups in total. The summed E-state index contributed by atoms with van der Waals surface area (Å²) in [6.07, 6.45) is 0.807. The zero-order chi connectivity index (χ0) is 14.0. The minimum Gasteiger partial charge on any atom is -0.486 e. The first kappa shape index (κ1) is 13.8. The maximum atomic E-state index is 11.1. The second-order valence-corrected chi connectivity index (χ2v) is 5.36. The predicted octanol–water partition coefficient (Wildman–Crippen LogP) is 3.19. The molecule has 1 aromatic heterocycles. The van der Waals surface area contributed by atoms with Crippen LogP contribution >= 0.6 is 15.9 Å². The SMILES string of the molecule is Cc1cc(COc2c(C)cc(Br)cc2C=O)n(C)n1. The molecule has 0 aliphatic heterocycles. The van der Waals surface area contributed by atoms with Gasteiger partial charge in [0.05, 0.1) is 17.0 Å². The van der Waals surface area contributed by atoms with Crippen molar-refractivity contribution in [2.75, 3.05) is 0 Å². The highest BCUT2D eigenvalue weighted by molar-refractivity contribution is 9.10. The van der Waals surface area contributed by atoms with E-state index in [1.807, 2.05) is 33.0 Å².